The van der Waals surface area contributed by atoms with Crippen molar-refractivity contribution < 1.29 is 0 Å². The van der Waals surface area contributed by atoms with Gasteiger partial charge in [-0.15, -0.1) is 0 Å². The summed E-state index contributed by atoms with van der Waals surface area (Å²) in [5, 5.41) is 0. The van der Waals surface area contributed by atoms with Crippen LogP contribution in [-0.2, 0) is 0 Å². The third kappa shape index (κ3) is 2.38. The van der Waals surface area contributed by atoms with E-state index in [1.807, 2.05) is 0 Å². The zero-order valence-corrected chi connectivity index (χ0v) is 6.27. The summed E-state index contributed by atoms with van der Waals surface area (Å²) in [4.78, 5) is 0. The van der Waals surface area contributed by atoms with Crippen molar-refractivity contribution in [2.75, 3.05) is 0 Å². The Morgan fingerprint density at radius 1 is 1.56 bits per heavy atom. The Balaban J connectivity index is 2.08. The van der Waals surface area contributed by atoms with Crippen molar-refractivity contribution in [3.8, 4) is 0 Å². The second-order valence-electron chi connectivity index (χ2n) is 2.92. The Labute approximate surface area is 58.7 Å². The second-order valence-corrected chi connectivity index (χ2v) is 2.92. The minimum absolute atomic E-state index is 0.920. The maximum atomic E-state index is 2.49. The molecule has 0 aromatic heterocycles. The topological polar surface area (TPSA) is 0 Å². The van der Waals surface area contributed by atoms with Gasteiger partial charge in [0.1, 0.15) is 0 Å². The molecule has 0 spiro atoms. The zero-order valence-electron chi connectivity index (χ0n) is 6.27. The van der Waals surface area contributed by atoms with Crippen molar-refractivity contribution in [3.05, 3.63) is 12.8 Å². The predicted octanol–water partition coefficient (Wildman–Crippen LogP) is 3.00. The molecule has 9 heavy (non-hydrogen) atoms. The highest BCUT2D eigenvalue weighted by Gasteiger charge is 2.11. The molecule has 0 bridgehead atoms. The third-order valence-electron chi connectivity index (χ3n) is 2.07. The Morgan fingerprint density at radius 2 is 2.44 bits per heavy atom. The Bertz CT molecular complexity index is 57.7. The first-order valence-corrected chi connectivity index (χ1v) is 4.04. The Hall–Kier alpha value is 0. The van der Waals surface area contributed by atoms with Gasteiger partial charge in [-0.2, -0.15) is 0 Å². The van der Waals surface area contributed by atoms with E-state index in [2.05, 4.69) is 19.8 Å². The predicted molar refractivity (Wildman–Crippen MR) is 40.8 cm³/mol. The lowest BCUT2D eigenvalue weighted by atomic mass is 9.86. The van der Waals surface area contributed by atoms with Crippen LogP contribution in [0, 0.1) is 18.8 Å². The lowest BCUT2D eigenvalue weighted by Gasteiger charge is -2.19. The van der Waals surface area contributed by atoms with Crippen LogP contribution in [0.25, 0.3) is 0 Å². The van der Waals surface area contributed by atoms with Crippen LogP contribution in [0.3, 0.4) is 0 Å². The standard InChI is InChI=1S/C9H16/c1-2-6-9-7-4-3-5-8-9/h2,7,9H,3-6,8H2,1H3. The van der Waals surface area contributed by atoms with Crippen LogP contribution in [0.5, 0.6) is 0 Å². The van der Waals surface area contributed by atoms with Gasteiger partial charge in [0.25, 0.3) is 0 Å². The van der Waals surface area contributed by atoms with Gasteiger partial charge in [-0.05, 0) is 31.6 Å². The van der Waals surface area contributed by atoms with Crippen molar-refractivity contribution in [1.82, 2.24) is 0 Å². The average Bonchev–Trinajstić information content (AvgIpc) is 1.91. The van der Waals surface area contributed by atoms with E-state index in [0.29, 0.717) is 0 Å². The largest absolute Gasteiger partial charge is 0.0622 e. The van der Waals surface area contributed by atoms with E-state index >= 15 is 0 Å². The van der Waals surface area contributed by atoms with Gasteiger partial charge in [0.05, 0.1) is 0 Å². The third-order valence-corrected chi connectivity index (χ3v) is 2.07. The van der Waals surface area contributed by atoms with Gasteiger partial charge in [-0.1, -0.05) is 26.2 Å². The summed E-state index contributed by atoms with van der Waals surface area (Å²) < 4.78 is 0. The molecule has 52 valence electrons. The fourth-order valence-electron chi connectivity index (χ4n) is 1.54. The molecule has 0 aliphatic heterocycles. The smallest absolute Gasteiger partial charge is 0.0355 e. The second kappa shape index (κ2) is 3.92. The molecule has 0 amide bonds. The van der Waals surface area contributed by atoms with Crippen LogP contribution in [-0.4, -0.2) is 0 Å². The number of hydrogen-bond acceptors (Lipinski definition) is 0. The summed E-state index contributed by atoms with van der Waals surface area (Å²) in [6.07, 6.45) is 11.8. The molecule has 1 saturated carbocycles. The van der Waals surface area contributed by atoms with E-state index in [0.717, 1.165) is 5.92 Å². The van der Waals surface area contributed by atoms with Gasteiger partial charge in [0.15, 0.2) is 0 Å². The highest BCUT2D eigenvalue weighted by molar-refractivity contribution is 4.83. The fourth-order valence-corrected chi connectivity index (χ4v) is 1.54. The molecule has 1 fully saturated rings. The van der Waals surface area contributed by atoms with Crippen molar-refractivity contribution >= 4 is 0 Å². The van der Waals surface area contributed by atoms with E-state index in [4.69, 9.17) is 0 Å². The summed E-state index contributed by atoms with van der Waals surface area (Å²) in [5.74, 6) is 0.920. The van der Waals surface area contributed by atoms with E-state index in [-0.39, 0.29) is 0 Å². The molecule has 0 heterocycles. The summed E-state index contributed by atoms with van der Waals surface area (Å²) >= 11 is 0. The van der Waals surface area contributed by atoms with Crippen LogP contribution in [0.15, 0.2) is 0 Å². The van der Waals surface area contributed by atoms with E-state index in [1.165, 1.54) is 32.1 Å². The molecular formula is C9H16. The highest BCUT2D eigenvalue weighted by atomic mass is 14.2. The van der Waals surface area contributed by atoms with Crippen molar-refractivity contribution in [2.45, 2.75) is 39.0 Å². The first-order chi connectivity index (χ1) is 4.43. The summed E-state index contributed by atoms with van der Waals surface area (Å²) in [6, 6.07) is 0. The van der Waals surface area contributed by atoms with E-state index in [9.17, 15) is 0 Å². The Morgan fingerprint density at radius 3 is 3.00 bits per heavy atom. The van der Waals surface area contributed by atoms with Gasteiger partial charge in [-0.3, -0.25) is 0 Å². The van der Waals surface area contributed by atoms with Crippen LogP contribution < -0.4 is 0 Å². The first kappa shape index (κ1) is 7.11. The SMILES string of the molecule is C[CH]CC1[CH]CCCC1. The molecule has 0 saturated heterocycles. The van der Waals surface area contributed by atoms with Gasteiger partial charge < -0.3 is 0 Å². The molecule has 0 aromatic rings. The molecule has 0 heteroatoms. The molecule has 2 radical (unpaired) electrons. The van der Waals surface area contributed by atoms with E-state index < -0.39 is 0 Å². The molecular weight excluding hydrogens is 108 g/mol. The van der Waals surface area contributed by atoms with Crippen molar-refractivity contribution in [1.29, 1.82) is 0 Å². The lowest BCUT2D eigenvalue weighted by molar-refractivity contribution is 0.441. The molecule has 1 rings (SSSR count). The number of rotatable bonds is 2. The fraction of sp³-hybridized carbons (Fsp3) is 0.778. The van der Waals surface area contributed by atoms with Gasteiger partial charge in [0.2, 0.25) is 0 Å². The van der Waals surface area contributed by atoms with Gasteiger partial charge in [0, 0.05) is 0 Å². The quantitative estimate of drug-likeness (QED) is 0.531. The molecule has 1 aliphatic carbocycles. The molecule has 1 unspecified atom stereocenters. The molecule has 0 aromatic carbocycles. The Kier molecular flexibility index (Phi) is 3.10. The van der Waals surface area contributed by atoms with E-state index in [1.54, 1.807) is 0 Å². The van der Waals surface area contributed by atoms with Crippen molar-refractivity contribution in [3.63, 3.8) is 0 Å². The average molecular weight is 124 g/mol. The monoisotopic (exact) mass is 124 g/mol. The van der Waals surface area contributed by atoms with Crippen LogP contribution >= 0.6 is 0 Å². The molecule has 0 nitrogen and oxygen atoms in total. The maximum absolute atomic E-state index is 2.49. The summed E-state index contributed by atoms with van der Waals surface area (Å²) in [6.45, 7) is 2.16. The molecule has 0 N–H and O–H groups in total. The summed E-state index contributed by atoms with van der Waals surface area (Å²) in [7, 11) is 0. The highest BCUT2D eigenvalue weighted by Crippen LogP contribution is 2.25. The number of hydrogen-bond donors (Lipinski definition) is 0. The molecule has 1 atom stereocenters. The first-order valence-electron chi connectivity index (χ1n) is 4.04. The maximum Gasteiger partial charge on any atom is -0.0355 e. The van der Waals surface area contributed by atoms with Crippen LogP contribution in [0.1, 0.15) is 39.0 Å². The normalized spacial score (nSPS) is 22.3. The minimum atomic E-state index is 0.920. The lowest BCUT2D eigenvalue weighted by Crippen LogP contribution is -2.06. The molecule has 1 aliphatic rings. The van der Waals surface area contributed by atoms with Crippen molar-refractivity contribution in [2.24, 2.45) is 5.92 Å². The van der Waals surface area contributed by atoms with Gasteiger partial charge >= 0.3 is 0 Å². The van der Waals surface area contributed by atoms with Crippen LogP contribution in [0.2, 0.25) is 0 Å². The zero-order chi connectivity index (χ0) is 6.53. The summed E-state index contributed by atoms with van der Waals surface area (Å²) in [5.41, 5.74) is 0. The van der Waals surface area contributed by atoms with Crippen LogP contribution in [0.4, 0.5) is 0 Å². The van der Waals surface area contributed by atoms with Gasteiger partial charge in [-0.25, -0.2) is 0 Å². The minimum Gasteiger partial charge on any atom is -0.0622 e.